The monoisotopic (exact) mass is 311 g/mol. The van der Waals surface area contributed by atoms with Gasteiger partial charge < -0.3 is 4.74 Å². The fourth-order valence-corrected chi connectivity index (χ4v) is 4.63. The summed E-state index contributed by atoms with van der Waals surface area (Å²) in [5, 5.41) is 0. The van der Waals surface area contributed by atoms with E-state index in [1.807, 2.05) is 13.0 Å². The fraction of sp³-hybridized carbons (Fsp3) is 0.533. The van der Waals surface area contributed by atoms with Gasteiger partial charge >= 0.3 is 5.97 Å². The second-order valence-electron chi connectivity index (χ2n) is 5.42. The molecule has 0 aliphatic carbocycles. The molecule has 0 unspecified atom stereocenters. The number of piperidine rings is 1. The summed E-state index contributed by atoms with van der Waals surface area (Å²) in [6, 6.07) is 4.61. The third kappa shape index (κ3) is 3.11. The Morgan fingerprint density at radius 1 is 1.29 bits per heavy atom. The Hall–Kier alpha value is -1.40. The normalized spacial score (nSPS) is 20.2. The van der Waals surface area contributed by atoms with Gasteiger partial charge in [-0.15, -0.1) is 0 Å². The van der Waals surface area contributed by atoms with Gasteiger partial charge in [-0.25, -0.2) is 8.42 Å². The summed E-state index contributed by atoms with van der Waals surface area (Å²) in [6.07, 6.45) is 2.10. The number of ether oxygens (including phenoxy) is 1. The Balaban J connectivity index is 2.45. The van der Waals surface area contributed by atoms with E-state index in [-0.39, 0.29) is 4.90 Å². The van der Waals surface area contributed by atoms with Crippen LogP contribution in [0.15, 0.2) is 23.1 Å². The van der Waals surface area contributed by atoms with E-state index in [0.29, 0.717) is 18.5 Å². The summed E-state index contributed by atoms with van der Waals surface area (Å²) in [7, 11) is -2.40. The van der Waals surface area contributed by atoms with Gasteiger partial charge in [0.15, 0.2) is 0 Å². The molecule has 1 fully saturated rings. The van der Waals surface area contributed by atoms with E-state index in [0.717, 1.165) is 18.4 Å². The van der Waals surface area contributed by atoms with Crippen LogP contribution in [0.1, 0.15) is 30.4 Å². The van der Waals surface area contributed by atoms with Crippen LogP contribution in [0.4, 0.5) is 0 Å². The molecule has 0 bridgehead atoms. The first-order chi connectivity index (χ1) is 9.87. The van der Waals surface area contributed by atoms with Gasteiger partial charge in [0.1, 0.15) is 6.04 Å². The molecule has 1 aromatic rings. The van der Waals surface area contributed by atoms with Gasteiger partial charge in [0.25, 0.3) is 0 Å². The highest BCUT2D eigenvalue weighted by atomic mass is 32.2. The lowest BCUT2D eigenvalue weighted by Gasteiger charge is -2.33. The molecule has 116 valence electrons. The number of hydrogen-bond acceptors (Lipinski definition) is 4. The van der Waals surface area contributed by atoms with Crippen molar-refractivity contribution in [3.63, 3.8) is 0 Å². The molecule has 1 aliphatic rings. The molecule has 1 heterocycles. The number of carbonyl (C=O) groups is 1. The zero-order chi connectivity index (χ0) is 15.6. The number of aryl methyl sites for hydroxylation is 2. The summed E-state index contributed by atoms with van der Waals surface area (Å²) in [6.45, 7) is 3.98. The highest BCUT2D eigenvalue weighted by molar-refractivity contribution is 7.89. The van der Waals surface area contributed by atoms with E-state index in [2.05, 4.69) is 0 Å². The molecule has 1 atom stereocenters. The van der Waals surface area contributed by atoms with Gasteiger partial charge in [-0.05, 0) is 50.3 Å². The van der Waals surface area contributed by atoms with Gasteiger partial charge in [-0.1, -0.05) is 12.1 Å². The summed E-state index contributed by atoms with van der Waals surface area (Å²) >= 11 is 0. The summed E-state index contributed by atoms with van der Waals surface area (Å²) in [5.74, 6) is -0.483. The Bertz CT molecular complexity index is 639. The molecule has 6 heteroatoms. The predicted octanol–water partition coefficient (Wildman–Crippen LogP) is 2.02. The molecule has 0 saturated carbocycles. The van der Waals surface area contributed by atoms with Crippen molar-refractivity contribution < 1.29 is 17.9 Å². The molecule has 0 aromatic heterocycles. The summed E-state index contributed by atoms with van der Waals surface area (Å²) in [4.78, 5) is 12.2. The van der Waals surface area contributed by atoms with Gasteiger partial charge in [0, 0.05) is 6.54 Å². The Morgan fingerprint density at radius 2 is 2.00 bits per heavy atom. The maximum absolute atomic E-state index is 12.9. The number of carbonyl (C=O) groups excluding carboxylic acids is 1. The second kappa shape index (κ2) is 6.15. The van der Waals surface area contributed by atoms with Crippen LogP contribution in [0.25, 0.3) is 0 Å². The second-order valence-corrected chi connectivity index (χ2v) is 7.28. The summed E-state index contributed by atoms with van der Waals surface area (Å²) in [5.41, 5.74) is 1.57. The van der Waals surface area contributed by atoms with Gasteiger partial charge in [-0.3, -0.25) is 4.79 Å². The molecule has 0 N–H and O–H groups in total. The van der Waals surface area contributed by atoms with E-state index in [1.165, 1.54) is 11.4 Å². The third-order valence-electron chi connectivity index (χ3n) is 3.86. The first-order valence-corrected chi connectivity index (χ1v) is 8.49. The van der Waals surface area contributed by atoms with Crippen molar-refractivity contribution in [2.75, 3.05) is 13.7 Å². The van der Waals surface area contributed by atoms with Crippen LogP contribution in [0.3, 0.4) is 0 Å². The number of hydrogen-bond donors (Lipinski definition) is 0. The smallest absolute Gasteiger partial charge is 0.324 e. The average Bonchev–Trinajstić information content (AvgIpc) is 2.48. The molecule has 2 rings (SSSR count). The molecule has 21 heavy (non-hydrogen) atoms. The lowest BCUT2D eigenvalue weighted by molar-refractivity contribution is -0.146. The highest BCUT2D eigenvalue weighted by Gasteiger charge is 2.38. The van der Waals surface area contributed by atoms with E-state index >= 15 is 0 Å². The Morgan fingerprint density at radius 3 is 2.67 bits per heavy atom. The lowest BCUT2D eigenvalue weighted by atomic mass is 10.1. The Kier molecular flexibility index (Phi) is 4.68. The number of methoxy groups -OCH3 is 1. The van der Waals surface area contributed by atoms with Gasteiger partial charge in [-0.2, -0.15) is 4.31 Å². The molecule has 0 amide bonds. The molecule has 5 nitrogen and oxygen atoms in total. The van der Waals surface area contributed by atoms with Crippen molar-refractivity contribution in [1.82, 2.24) is 4.31 Å². The van der Waals surface area contributed by atoms with Crippen LogP contribution < -0.4 is 0 Å². The van der Waals surface area contributed by atoms with E-state index in [1.54, 1.807) is 19.1 Å². The van der Waals surface area contributed by atoms with Crippen LogP contribution in [0, 0.1) is 13.8 Å². The van der Waals surface area contributed by atoms with Crippen molar-refractivity contribution in [3.05, 3.63) is 29.3 Å². The molecule has 1 aromatic carbocycles. The van der Waals surface area contributed by atoms with Crippen LogP contribution in [-0.4, -0.2) is 38.4 Å². The average molecular weight is 311 g/mol. The van der Waals surface area contributed by atoms with Crippen molar-refractivity contribution in [3.8, 4) is 0 Å². The molecular formula is C15H21NO4S. The first kappa shape index (κ1) is 16.0. The number of benzene rings is 1. The maximum Gasteiger partial charge on any atom is 0.324 e. The molecular weight excluding hydrogens is 290 g/mol. The number of sulfonamides is 1. The largest absolute Gasteiger partial charge is 0.468 e. The molecule has 0 spiro atoms. The predicted molar refractivity (Wildman–Crippen MR) is 79.5 cm³/mol. The Labute approximate surface area is 126 Å². The van der Waals surface area contributed by atoms with Crippen molar-refractivity contribution in [2.24, 2.45) is 0 Å². The quantitative estimate of drug-likeness (QED) is 0.801. The zero-order valence-electron chi connectivity index (χ0n) is 12.6. The molecule has 0 radical (unpaired) electrons. The van der Waals surface area contributed by atoms with Crippen molar-refractivity contribution >= 4 is 16.0 Å². The van der Waals surface area contributed by atoms with Crippen LogP contribution in [-0.2, 0) is 19.6 Å². The minimum atomic E-state index is -3.69. The first-order valence-electron chi connectivity index (χ1n) is 7.05. The van der Waals surface area contributed by atoms with Gasteiger partial charge in [0.2, 0.25) is 10.0 Å². The fourth-order valence-electron chi connectivity index (χ4n) is 2.68. The van der Waals surface area contributed by atoms with Crippen molar-refractivity contribution in [1.29, 1.82) is 0 Å². The maximum atomic E-state index is 12.9. The molecule has 1 aliphatic heterocycles. The number of nitrogens with zero attached hydrogens (tertiary/aromatic N) is 1. The van der Waals surface area contributed by atoms with E-state index in [4.69, 9.17) is 4.74 Å². The lowest BCUT2D eigenvalue weighted by Crippen LogP contribution is -2.48. The topological polar surface area (TPSA) is 63.7 Å². The standard InChI is InChI=1S/C15H21NO4S/c1-11-7-8-12(2)14(10-11)21(18,19)16-9-5-4-6-13(16)15(17)20-3/h7-8,10,13H,4-6,9H2,1-3H3/t13-/m1/s1. The van der Waals surface area contributed by atoms with Gasteiger partial charge in [0.05, 0.1) is 12.0 Å². The SMILES string of the molecule is COC(=O)[C@H]1CCCCN1S(=O)(=O)c1cc(C)ccc1C. The van der Waals surface area contributed by atoms with E-state index < -0.39 is 22.0 Å². The van der Waals surface area contributed by atoms with Crippen molar-refractivity contribution in [2.45, 2.75) is 44.0 Å². The van der Waals surface area contributed by atoms with E-state index in [9.17, 15) is 13.2 Å². The zero-order valence-corrected chi connectivity index (χ0v) is 13.4. The van der Waals surface area contributed by atoms with Crippen LogP contribution >= 0.6 is 0 Å². The third-order valence-corrected chi connectivity index (χ3v) is 5.91. The summed E-state index contributed by atoms with van der Waals surface area (Å²) < 4.78 is 31.9. The highest BCUT2D eigenvalue weighted by Crippen LogP contribution is 2.28. The van der Waals surface area contributed by atoms with Crippen LogP contribution in [0.2, 0.25) is 0 Å². The minimum absolute atomic E-state index is 0.276. The minimum Gasteiger partial charge on any atom is -0.468 e. The number of esters is 1. The van der Waals surface area contributed by atoms with Crippen LogP contribution in [0.5, 0.6) is 0 Å². The number of rotatable bonds is 3. The molecule has 1 saturated heterocycles.